The zero-order valence-electron chi connectivity index (χ0n) is 12.3. The second kappa shape index (κ2) is 5.83. The number of hydrogen-bond donors (Lipinski definition) is 3. The lowest BCUT2D eigenvalue weighted by atomic mass is 10.0. The number of carboxylic acid groups (broad SMARTS) is 1. The van der Waals surface area contributed by atoms with Gasteiger partial charge < -0.3 is 20.1 Å². The van der Waals surface area contributed by atoms with Gasteiger partial charge >= 0.3 is 5.97 Å². The summed E-state index contributed by atoms with van der Waals surface area (Å²) in [4.78, 5) is 16.1. The van der Waals surface area contributed by atoms with E-state index in [1.807, 2.05) is 19.0 Å². The van der Waals surface area contributed by atoms with Crippen LogP contribution in [0.15, 0.2) is 12.1 Å². The van der Waals surface area contributed by atoms with Crippen molar-refractivity contribution < 1.29 is 19.4 Å². The zero-order valence-corrected chi connectivity index (χ0v) is 12.3. The van der Waals surface area contributed by atoms with Crippen LogP contribution in [0.2, 0.25) is 0 Å². The Labute approximate surface area is 122 Å². The molecule has 1 unspecified atom stereocenters. The van der Waals surface area contributed by atoms with Crippen LogP contribution in [0.4, 0.5) is 4.39 Å². The SMILES string of the molecule is CC(O)c1cc2c(CC(=O)O)c(CN(C)C)[nH]c2cc1F. The lowest BCUT2D eigenvalue weighted by molar-refractivity contribution is -0.136. The standard InChI is InChI=1S/C15H19FN2O3/c1-8(19)9-4-10-11(5-15(20)21)14(7-18(2)3)17-13(10)6-12(9)16/h4,6,8,17,19H,5,7H2,1-3H3,(H,20,21). The number of carbonyl (C=O) groups is 1. The Balaban J connectivity index is 2.65. The van der Waals surface area contributed by atoms with Gasteiger partial charge in [-0.15, -0.1) is 0 Å². The molecular formula is C15H19FN2O3. The maximum atomic E-state index is 13.9. The number of nitrogens with zero attached hydrogens (tertiary/aromatic N) is 1. The van der Waals surface area contributed by atoms with Crippen molar-refractivity contribution in [3.05, 3.63) is 34.8 Å². The molecular weight excluding hydrogens is 275 g/mol. The van der Waals surface area contributed by atoms with E-state index in [1.165, 1.54) is 19.1 Å². The van der Waals surface area contributed by atoms with Gasteiger partial charge in [-0.2, -0.15) is 0 Å². The molecule has 0 bridgehead atoms. The average molecular weight is 294 g/mol. The maximum Gasteiger partial charge on any atom is 0.307 e. The first-order valence-corrected chi connectivity index (χ1v) is 6.67. The summed E-state index contributed by atoms with van der Waals surface area (Å²) >= 11 is 0. The van der Waals surface area contributed by atoms with E-state index in [4.69, 9.17) is 5.11 Å². The van der Waals surface area contributed by atoms with Crippen LogP contribution in [0.5, 0.6) is 0 Å². The van der Waals surface area contributed by atoms with E-state index < -0.39 is 17.9 Å². The van der Waals surface area contributed by atoms with Crippen molar-refractivity contribution in [1.82, 2.24) is 9.88 Å². The molecule has 21 heavy (non-hydrogen) atoms. The Hall–Kier alpha value is -1.92. The Morgan fingerprint density at radius 1 is 1.43 bits per heavy atom. The fourth-order valence-corrected chi connectivity index (χ4v) is 2.47. The molecule has 1 heterocycles. The van der Waals surface area contributed by atoms with Gasteiger partial charge in [0.05, 0.1) is 12.5 Å². The van der Waals surface area contributed by atoms with Gasteiger partial charge in [-0.3, -0.25) is 4.79 Å². The van der Waals surface area contributed by atoms with Gasteiger partial charge in [0.1, 0.15) is 5.82 Å². The number of fused-ring (bicyclic) bond motifs is 1. The van der Waals surface area contributed by atoms with Gasteiger partial charge in [0.15, 0.2) is 0 Å². The highest BCUT2D eigenvalue weighted by Crippen LogP contribution is 2.29. The summed E-state index contributed by atoms with van der Waals surface area (Å²) in [5.41, 5.74) is 2.10. The summed E-state index contributed by atoms with van der Waals surface area (Å²) in [6, 6.07) is 2.84. The summed E-state index contributed by atoms with van der Waals surface area (Å²) in [5, 5.41) is 19.3. The van der Waals surface area contributed by atoms with Crippen LogP contribution in [0.1, 0.15) is 29.8 Å². The first-order chi connectivity index (χ1) is 9.79. The first kappa shape index (κ1) is 15.5. The molecule has 0 spiro atoms. The monoisotopic (exact) mass is 294 g/mol. The van der Waals surface area contributed by atoms with Crippen LogP contribution in [-0.2, 0) is 17.8 Å². The van der Waals surface area contributed by atoms with Crippen molar-refractivity contribution in [2.24, 2.45) is 0 Å². The number of aliphatic hydroxyl groups is 1. The van der Waals surface area contributed by atoms with Crippen molar-refractivity contribution >= 4 is 16.9 Å². The number of aromatic amines is 1. The van der Waals surface area contributed by atoms with Gasteiger partial charge in [-0.1, -0.05) is 0 Å². The lowest BCUT2D eigenvalue weighted by Gasteiger charge is -2.10. The maximum absolute atomic E-state index is 13.9. The Kier molecular flexibility index (Phi) is 4.29. The second-order valence-corrected chi connectivity index (χ2v) is 5.49. The van der Waals surface area contributed by atoms with Crippen molar-refractivity contribution in [2.45, 2.75) is 26.0 Å². The molecule has 5 nitrogen and oxygen atoms in total. The number of aromatic nitrogens is 1. The Bertz CT molecular complexity index is 677. The first-order valence-electron chi connectivity index (χ1n) is 6.67. The summed E-state index contributed by atoms with van der Waals surface area (Å²) < 4.78 is 13.9. The van der Waals surface area contributed by atoms with Crippen LogP contribution in [-0.4, -0.2) is 40.2 Å². The molecule has 114 valence electrons. The molecule has 1 atom stereocenters. The highest BCUT2D eigenvalue weighted by atomic mass is 19.1. The number of aliphatic carboxylic acids is 1. The number of carboxylic acids is 1. The van der Waals surface area contributed by atoms with E-state index in [9.17, 15) is 14.3 Å². The molecule has 2 aromatic rings. The number of hydrogen-bond acceptors (Lipinski definition) is 3. The summed E-state index contributed by atoms with van der Waals surface area (Å²) in [7, 11) is 3.75. The van der Waals surface area contributed by atoms with Crippen molar-refractivity contribution in [2.75, 3.05) is 14.1 Å². The molecule has 2 rings (SSSR count). The normalized spacial score (nSPS) is 13.0. The average Bonchev–Trinajstić information content (AvgIpc) is 2.63. The van der Waals surface area contributed by atoms with Crippen molar-refractivity contribution in [3.63, 3.8) is 0 Å². The third-order valence-electron chi connectivity index (χ3n) is 3.36. The fraction of sp³-hybridized carbons (Fsp3) is 0.400. The minimum atomic E-state index is -0.946. The summed E-state index contributed by atoms with van der Waals surface area (Å²) in [5.74, 6) is -1.45. The number of rotatable bonds is 5. The lowest BCUT2D eigenvalue weighted by Crippen LogP contribution is -2.13. The minimum absolute atomic E-state index is 0.145. The third-order valence-corrected chi connectivity index (χ3v) is 3.36. The number of halogens is 1. The van der Waals surface area contributed by atoms with Crippen LogP contribution in [0.25, 0.3) is 10.9 Å². The fourth-order valence-electron chi connectivity index (χ4n) is 2.47. The van der Waals surface area contributed by atoms with Crippen molar-refractivity contribution in [1.29, 1.82) is 0 Å². The summed E-state index contributed by atoms with van der Waals surface area (Å²) in [6.45, 7) is 2.01. The number of aliphatic hydroxyl groups excluding tert-OH is 1. The van der Waals surface area contributed by atoms with Gasteiger partial charge in [0.2, 0.25) is 0 Å². The highest BCUT2D eigenvalue weighted by molar-refractivity contribution is 5.89. The second-order valence-electron chi connectivity index (χ2n) is 5.49. The van der Waals surface area contributed by atoms with E-state index >= 15 is 0 Å². The van der Waals surface area contributed by atoms with Crippen LogP contribution in [0.3, 0.4) is 0 Å². The largest absolute Gasteiger partial charge is 0.481 e. The Morgan fingerprint density at radius 2 is 2.10 bits per heavy atom. The highest BCUT2D eigenvalue weighted by Gasteiger charge is 2.18. The predicted molar refractivity (Wildman–Crippen MR) is 77.6 cm³/mol. The van der Waals surface area contributed by atoms with Crippen LogP contribution in [0, 0.1) is 5.82 Å². The van der Waals surface area contributed by atoms with E-state index in [1.54, 1.807) is 0 Å². The molecule has 0 aliphatic carbocycles. The molecule has 0 saturated carbocycles. The van der Waals surface area contributed by atoms with E-state index in [0.29, 0.717) is 23.0 Å². The Morgan fingerprint density at radius 3 is 2.62 bits per heavy atom. The van der Waals surface area contributed by atoms with Crippen LogP contribution >= 0.6 is 0 Å². The van der Waals surface area contributed by atoms with Gasteiger partial charge in [0.25, 0.3) is 0 Å². The number of nitrogens with one attached hydrogen (secondary N) is 1. The molecule has 1 aromatic heterocycles. The molecule has 1 aromatic carbocycles. The molecule has 0 fully saturated rings. The minimum Gasteiger partial charge on any atom is -0.481 e. The molecule has 0 amide bonds. The molecule has 0 aliphatic heterocycles. The molecule has 0 aliphatic rings. The van der Waals surface area contributed by atoms with E-state index in [2.05, 4.69) is 4.98 Å². The van der Waals surface area contributed by atoms with E-state index in [0.717, 1.165) is 5.69 Å². The molecule has 0 radical (unpaired) electrons. The number of H-pyrrole nitrogens is 1. The zero-order chi connectivity index (χ0) is 15.7. The van der Waals surface area contributed by atoms with Gasteiger partial charge in [-0.05, 0) is 38.7 Å². The molecule has 6 heteroatoms. The number of benzene rings is 1. The molecule has 3 N–H and O–H groups in total. The third kappa shape index (κ3) is 3.22. The van der Waals surface area contributed by atoms with Crippen molar-refractivity contribution in [3.8, 4) is 0 Å². The summed E-state index contributed by atoms with van der Waals surface area (Å²) in [6.07, 6.45) is -1.09. The quantitative estimate of drug-likeness (QED) is 0.789. The van der Waals surface area contributed by atoms with Crippen LogP contribution < -0.4 is 0 Å². The smallest absolute Gasteiger partial charge is 0.307 e. The molecule has 0 saturated heterocycles. The van der Waals surface area contributed by atoms with Gasteiger partial charge in [-0.25, -0.2) is 4.39 Å². The van der Waals surface area contributed by atoms with Gasteiger partial charge in [0, 0.05) is 28.7 Å². The predicted octanol–water partition coefficient (Wildman–Crippen LogP) is 2.05. The topological polar surface area (TPSA) is 76.6 Å². The van der Waals surface area contributed by atoms with E-state index in [-0.39, 0.29) is 12.0 Å².